The maximum absolute atomic E-state index is 6.29. The molecule has 1 aliphatic carbocycles. The van der Waals surface area contributed by atoms with E-state index in [1.165, 1.54) is 0 Å². The number of ether oxygens (including phenoxy) is 2. The predicted octanol–water partition coefficient (Wildman–Crippen LogP) is 4.60. The van der Waals surface area contributed by atoms with Crippen molar-refractivity contribution in [1.82, 2.24) is 0 Å². The zero-order chi connectivity index (χ0) is 15.7. The molecule has 0 unspecified atom stereocenters. The third-order valence-electron chi connectivity index (χ3n) is 3.57. The van der Waals surface area contributed by atoms with Gasteiger partial charge in [0.25, 0.3) is 0 Å². The van der Waals surface area contributed by atoms with Crippen LogP contribution in [0, 0.1) is 0 Å². The Kier molecular flexibility index (Phi) is 4.68. The molecule has 0 heterocycles. The van der Waals surface area contributed by atoms with E-state index in [0.717, 1.165) is 37.9 Å². The predicted molar refractivity (Wildman–Crippen MR) is 88.9 cm³/mol. The van der Waals surface area contributed by atoms with Crippen LogP contribution in [-0.4, -0.2) is 18.3 Å². The van der Waals surface area contributed by atoms with Gasteiger partial charge >= 0.3 is 143 Å². The third kappa shape index (κ3) is 2.62. The molecule has 0 atom stereocenters. The molecule has 0 aromatic heterocycles. The van der Waals surface area contributed by atoms with E-state index in [1.54, 1.807) is 14.2 Å². The molecule has 0 fully saturated rings. The molecule has 5 heteroatoms. The van der Waals surface area contributed by atoms with E-state index in [0.29, 0.717) is 0 Å². The monoisotopic (exact) mass is 422 g/mol. The third-order valence-corrected chi connectivity index (χ3v) is 6.71. The summed E-state index contributed by atoms with van der Waals surface area (Å²) in [6.45, 7) is 0. The number of fused-ring (bicyclic) bond motifs is 1. The van der Waals surface area contributed by atoms with Crippen molar-refractivity contribution in [2.45, 2.75) is 0 Å². The van der Waals surface area contributed by atoms with E-state index in [1.807, 2.05) is 42.5 Å². The Morgan fingerprint density at radius 2 is 1.45 bits per heavy atom. The molecule has 2 aromatic carbocycles. The Hall–Kier alpha value is -1.15. The quantitative estimate of drug-likeness (QED) is 0.674. The number of para-hydroxylation sites is 1. The number of allylic oxidation sites excluding steroid dienone is 1. The average molecular weight is 422 g/mol. The fraction of sp³-hybridized carbons (Fsp3) is 0.118. The molecule has 2 nitrogen and oxygen atoms in total. The standard InChI is InChI=1S/C17H14O2.2ClH.Ru/c1-18-15-8-4-3-7-13(15)14-11-10-12-6-5-9-16(19-2)17(12)14;;;/h3-9,11H,1-2H3;2*1H;/q;;;+2/p-2. The molecule has 0 aliphatic heterocycles. The second-order valence-corrected chi connectivity index (χ2v) is 10.5. The van der Waals surface area contributed by atoms with Gasteiger partial charge in [0.2, 0.25) is 0 Å². The normalized spacial score (nSPS) is 13.5. The van der Waals surface area contributed by atoms with E-state index >= 15 is 0 Å². The average Bonchev–Trinajstić information content (AvgIpc) is 2.94. The van der Waals surface area contributed by atoms with Crippen LogP contribution in [0.25, 0.3) is 5.57 Å². The summed E-state index contributed by atoms with van der Waals surface area (Å²) in [6, 6.07) is 13.9. The first-order valence-corrected chi connectivity index (χ1v) is 11.9. The van der Waals surface area contributed by atoms with Crippen molar-refractivity contribution in [3.05, 3.63) is 65.2 Å². The van der Waals surface area contributed by atoms with Gasteiger partial charge in [-0.05, 0) is 0 Å². The van der Waals surface area contributed by atoms with Crippen LogP contribution in [0.3, 0.4) is 0 Å². The van der Waals surface area contributed by atoms with Crippen LogP contribution in [0.2, 0.25) is 0 Å². The van der Waals surface area contributed by atoms with Crippen LogP contribution < -0.4 is 9.47 Å². The summed E-state index contributed by atoms with van der Waals surface area (Å²) in [7, 11) is 15.9. The molecule has 2 aromatic rings. The van der Waals surface area contributed by atoms with Crippen LogP contribution in [0.5, 0.6) is 11.5 Å². The van der Waals surface area contributed by atoms with Gasteiger partial charge in [-0.15, -0.1) is 0 Å². The summed E-state index contributed by atoms with van der Waals surface area (Å²) in [5, 5.41) is 0. The Labute approximate surface area is 142 Å². The molecule has 116 valence electrons. The summed E-state index contributed by atoms with van der Waals surface area (Å²) in [5.41, 5.74) is 4.14. The van der Waals surface area contributed by atoms with Crippen molar-refractivity contribution in [2.24, 2.45) is 0 Å². The van der Waals surface area contributed by atoms with E-state index in [4.69, 9.17) is 28.9 Å². The summed E-state index contributed by atoms with van der Waals surface area (Å²) in [5.74, 6) is 1.63. The molecule has 0 saturated heterocycles. The first kappa shape index (κ1) is 15.7. The summed E-state index contributed by atoms with van der Waals surface area (Å²) < 4.78 is 12.1. The minimum atomic E-state index is -2.03. The Bertz CT molecular complexity index is 793. The number of benzene rings is 2. The fourth-order valence-corrected chi connectivity index (χ4v) is 5.10. The van der Waals surface area contributed by atoms with Gasteiger partial charge in [0.05, 0.1) is 0 Å². The van der Waals surface area contributed by atoms with Crippen molar-refractivity contribution >= 4 is 29.1 Å². The van der Waals surface area contributed by atoms with Crippen LogP contribution in [-0.2, 0) is 13.5 Å². The van der Waals surface area contributed by atoms with Crippen molar-refractivity contribution in [2.75, 3.05) is 14.2 Å². The molecular formula is C17H14Cl2O2Ru. The van der Waals surface area contributed by atoms with E-state index in [9.17, 15) is 0 Å². The minimum absolute atomic E-state index is 0.813. The molecule has 22 heavy (non-hydrogen) atoms. The van der Waals surface area contributed by atoms with E-state index < -0.39 is 13.5 Å². The molecule has 0 radical (unpaired) electrons. The summed E-state index contributed by atoms with van der Waals surface area (Å²) in [6.07, 6.45) is 2.07. The van der Waals surface area contributed by atoms with Gasteiger partial charge in [0.1, 0.15) is 0 Å². The SMILES string of the molecule is COc1ccccc1C1=C[C](=[Ru]([Cl])[Cl])c2cccc(OC)c21. The Morgan fingerprint density at radius 1 is 0.818 bits per heavy atom. The van der Waals surface area contributed by atoms with Crippen molar-refractivity contribution < 1.29 is 23.0 Å². The second-order valence-electron chi connectivity index (χ2n) is 4.66. The van der Waals surface area contributed by atoms with Gasteiger partial charge in [0.15, 0.2) is 0 Å². The number of hydrogen-bond donors (Lipinski definition) is 0. The van der Waals surface area contributed by atoms with Crippen LogP contribution in [0.15, 0.2) is 48.5 Å². The summed E-state index contributed by atoms with van der Waals surface area (Å²) >= 11 is -2.03. The van der Waals surface area contributed by atoms with Crippen molar-refractivity contribution in [3.63, 3.8) is 0 Å². The van der Waals surface area contributed by atoms with Crippen molar-refractivity contribution in [3.8, 4) is 11.5 Å². The second kappa shape index (κ2) is 6.54. The van der Waals surface area contributed by atoms with Crippen molar-refractivity contribution in [1.29, 1.82) is 0 Å². The first-order chi connectivity index (χ1) is 10.7. The van der Waals surface area contributed by atoms with Gasteiger partial charge in [-0.25, -0.2) is 0 Å². The van der Waals surface area contributed by atoms with Gasteiger partial charge in [0, 0.05) is 0 Å². The molecule has 0 bridgehead atoms. The molecule has 0 spiro atoms. The topological polar surface area (TPSA) is 18.5 Å². The summed E-state index contributed by atoms with van der Waals surface area (Å²) in [4.78, 5) is 0. The number of halogens is 2. The zero-order valence-electron chi connectivity index (χ0n) is 12.0. The van der Waals surface area contributed by atoms with E-state index in [-0.39, 0.29) is 0 Å². The molecule has 0 N–H and O–H groups in total. The van der Waals surface area contributed by atoms with Gasteiger partial charge in [-0.1, -0.05) is 0 Å². The number of rotatable bonds is 3. The molecule has 0 saturated carbocycles. The molecule has 0 amide bonds. The van der Waals surface area contributed by atoms with E-state index in [2.05, 4.69) is 6.08 Å². The number of hydrogen-bond acceptors (Lipinski definition) is 2. The zero-order valence-corrected chi connectivity index (χ0v) is 15.3. The van der Waals surface area contributed by atoms with Crippen LogP contribution in [0.4, 0.5) is 0 Å². The van der Waals surface area contributed by atoms with Gasteiger partial charge < -0.3 is 0 Å². The van der Waals surface area contributed by atoms with Crippen LogP contribution >= 0.6 is 19.4 Å². The Morgan fingerprint density at radius 3 is 2.14 bits per heavy atom. The van der Waals surface area contributed by atoms with Crippen LogP contribution in [0.1, 0.15) is 16.7 Å². The molecule has 3 rings (SSSR count). The van der Waals surface area contributed by atoms with Gasteiger partial charge in [-0.3, -0.25) is 0 Å². The Balaban J connectivity index is 2.31. The number of methoxy groups -OCH3 is 2. The van der Waals surface area contributed by atoms with Gasteiger partial charge in [-0.2, -0.15) is 0 Å². The maximum atomic E-state index is 6.29. The first-order valence-electron chi connectivity index (χ1n) is 6.57. The fourth-order valence-electron chi connectivity index (χ4n) is 2.64. The molecular weight excluding hydrogens is 408 g/mol. The molecule has 1 aliphatic rings.